The number of hydrogen-bond acceptors (Lipinski definition) is 3. The van der Waals surface area contributed by atoms with E-state index in [4.69, 9.17) is 4.74 Å². The Balaban J connectivity index is 2.15. The normalized spacial score (nSPS) is 20.7. The number of esters is 1. The summed E-state index contributed by atoms with van der Waals surface area (Å²) in [6.07, 6.45) is 1.95. The van der Waals surface area contributed by atoms with E-state index in [2.05, 4.69) is 6.58 Å². The van der Waals surface area contributed by atoms with Crippen molar-refractivity contribution in [3.8, 4) is 0 Å². The molecule has 0 amide bonds. The zero-order valence-electron chi connectivity index (χ0n) is 13.3. The van der Waals surface area contributed by atoms with Crippen molar-refractivity contribution in [1.82, 2.24) is 0 Å². The fourth-order valence-corrected chi connectivity index (χ4v) is 3.48. The predicted octanol–water partition coefficient (Wildman–Crippen LogP) is 4.31. The molecule has 2 aromatic carbocycles. The SMILES string of the molecule is C=C1CCCC1(C(=O)OCC)C(=O)c1cccc2ccccc12. The molecule has 3 rings (SSSR count). The molecule has 1 aliphatic rings. The summed E-state index contributed by atoms with van der Waals surface area (Å²) in [6, 6.07) is 13.3. The van der Waals surface area contributed by atoms with Gasteiger partial charge >= 0.3 is 5.97 Å². The second-order valence-corrected chi connectivity index (χ2v) is 5.94. The van der Waals surface area contributed by atoms with Crippen LogP contribution in [0.1, 0.15) is 36.5 Å². The van der Waals surface area contributed by atoms with Crippen molar-refractivity contribution in [3.63, 3.8) is 0 Å². The van der Waals surface area contributed by atoms with Crippen molar-refractivity contribution in [3.05, 3.63) is 60.2 Å². The zero-order chi connectivity index (χ0) is 16.4. The number of carbonyl (C=O) groups excluding carboxylic acids is 2. The molecule has 23 heavy (non-hydrogen) atoms. The van der Waals surface area contributed by atoms with E-state index in [0.29, 0.717) is 24.0 Å². The molecule has 1 unspecified atom stereocenters. The van der Waals surface area contributed by atoms with Gasteiger partial charge in [0, 0.05) is 5.56 Å². The van der Waals surface area contributed by atoms with Gasteiger partial charge in [0.2, 0.25) is 0 Å². The van der Waals surface area contributed by atoms with Crippen LogP contribution in [0.25, 0.3) is 10.8 Å². The maximum absolute atomic E-state index is 13.3. The average Bonchev–Trinajstić information content (AvgIpc) is 2.96. The van der Waals surface area contributed by atoms with E-state index in [-0.39, 0.29) is 12.4 Å². The number of carbonyl (C=O) groups is 2. The van der Waals surface area contributed by atoms with Gasteiger partial charge in [0.15, 0.2) is 11.2 Å². The van der Waals surface area contributed by atoms with Crippen LogP contribution in [-0.4, -0.2) is 18.4 Å². The van der Waals surface area contributed by atoms with Gasteiger partial charge < -0.3 is 4.74 Å². The van der Waals surface area contributed by atoms with Crippen molar-refractivity contribution >= 4 is 22.5 Å². The van der Waals surface area contributed by atoms with Gasteiger partial charge in [0.25, 0.3) is 0 Å². The van der Waals surface area contributed by atoms with Crippen molar-refractivity contribution in [2.45, 2.75) is 26.2 Å². The van der Waals surface area contributed by atoms with Crippen LogP contribution >= 0.6 is 0 Å². The fraction of sp³-hybridized carbons (Fsp3) is 0.300. The van der Waals surface area contributed by atoms with E-state index in [1.165, 1.54) is 0 Å². The van der Waals surface area contributed by atoms with Crippen LogP contribution in [0.2, 0.25) is 0 Å². The minimum Gasteiger partial charge on any atom is -0.465 e. The van der Waals surface area contributed by atoms with Gasteiger partial charge in [-0.1, -0.05) is 54.6 Å². The fourth-order valence-electron chi connectivity index (χ4n) is 3.48. The highest BCUT2D eigenvalue weighted by atomic mass is 16.5. The van der Waals surface area contributed by atoms with Gasteiger partial charge in [-0.3, -0.25) is 9.59 Å². The van der Waals surface area contributed by atoms with Crippen molar-refractivity contribution in [2.24, 2.45) is 5.41 Å². The molecule has 0 heterocycles. The predicted molar refractivity (Wildman–Crippen MR) is 90.3 cm³/mol. The Bertz CT molecular complexity index is 785. The third kappa shape index (κ3) is 2.37. The number of hydrogen-bond donors (Lipinski definition) is 0. The molecule has 3 nitrogen and oxygen atoms in total. The molecule has 118 valence electrons. The van der Waals surface area contributed by atoms with Gasteiger partial charge in [-0.05, 0) is 37.0 Å². The molecular formula is C20H20O3. The molecule has 1 saturated carbocycles. The van der Waals surface area contributed by atoms with Crippen molar-refractivity contribution in [1.29, 1.82) is 0 Å². The molecule has 0 N–H and O–H groups in total. The lowest BCUT2D eigenvalue weighted by Crippen LogP contribution is -2.39. The number of Topliss-reactive ketones (excluding diaryl/α,β-unsaturated/α-hetero) is 1. The van der Waals surface area contributed by atoms with E-state index < -0.39 is 11.4 Å². The summed E-state index contributed by atoms with van der Waals surface area (Å²) in [7, 11) is 0. The first kappa shape index (κ1) is 15.5. The summed E-state index contributed by atoms with van der Waals surface area (Å²) >= 11 is 0. The van der Waals surface area contributed by atoms with Gasteiger partial charge in [0.1, 0.15) is 0 Å². The molecule has 3 heteroatoms. The first-order chi connectivity index (χ1) is 11.1. The molecule has 0 radical (unpaired) electrons. The minimum atomic E-state index is -1.22. The monoisotopic (exact) mass is 308 g/mol. The van der Waals surface area contributed by atoms with E-state index in [1.807, 2.05) is 36.4 Å². The Morgan fingerprint density at radius 2 is 1.91 bits per heavy atom. The number of ketones is 1. The Hall–Kier alpha value is -2.42. The summed E-state index contributed by atoms with van der Waals surface area (Å²) in [5, 5.41) is 1.85. The molecule has 1 aliphatic carbocycles. The molecule has 0 aromatic heterocycles. The maximum atomic E-state index is 13.3. The second kappa shape index (κ2) is 5.99. The molecule has 1 atom stereocenters. The molecule has 0 saturated heterocycles. The van der Waals surface area contributed by atoms with E-state index in [1.54, 1.807) is 13.0 Å². The third-order valence-corrected chi connectivity index (χ3v) is 4.68. The largest absolute Gasteiger partial charge is 0.465 e. The Kier molecular flexibility index (Phi) is 4.03. The van der Waals surface area contributed by atoms with Crippen LogP contribution < -0.4 is 0 Å². The van der Waals surface area contributed by atoms with Crippen molar-refractivity contribution < 1.29 is 14.3 Å². The van der Waals surface area contributed by atoms with E-state index in [0.717, 1.165) is 17.2 Å². The van der Waals surface area contributed by atoms with Crippen LogP contribution in [0.15, 0.2) is 54.6 Å². The highest BCUT2D eigenvalue weighted by Gasteiger charge is 2.52. The molecular weight excluding hydrogens is 288 g/mol. The average molecular weight is 308 g/mol. The highest BCUT2D eigenvalue weighted by molar-refractivity contribution is 6.20. The van der Waals surface area contributed by atoms with E-state index >= 15 is 0 Å². The third-order valence-electron chi connectivity index (χ3n) is 4.68. The highest BCUT2D eigenvalue weighted by Crippen LogP contribution is 2.46. The van der Waals surface area contributed by atoms with Crippen LogP contribution in [0.5, 0.6) is 0 Å². The number of rotatable bonds is 4. The summed E-state index contributed by atoms with van der Waals surface area (Å²) in [5.74, 6) is -0.643. The first-order valence-corrected chi connectivity index (χ1v) is 7.99. The molecule has 2 aromatic rings. The smallest absolute Gasteiger partial charge is 0.324 e. The summed E-state index contributed by atoms with van der Waals surface area (Å²) < 4.78 is 5.23. The molecule has 0 spiro atoms. The topological polar surface area (TPSA) is 43.4 Å². The van der Waals surface area contributed by atoms with Crippen molar-refractivity contribution in [2.75, 3.05) is 6.61 Å². The lowest BCUT2D eigenvalue weighted by atomic mass is 9.75. The number of benzene rings is 2. The van der Waals surface area contributed by atoms with Crippen LogP contribution in [0, 0.1) is 5.41 Å². The van der Waals surface area contributed by atoms with Gasteiger partial charge in [-0.15, -0.1) is 0 Å². The Labute approximate surface area is 136 Å². The van der Waals surface area contributed by atoms with Gasteiger partial charge in [-0.2, -0.15) is 0 Å². The van der Waals surface area contributed by atoms with Crippen LogP contribution in [0.4, 0.5) is 0 Å². The Morgan fingerprint density at radius 3 is 2.61 bits per heavy atom. The van der Waals surface area contributed by atoms with Crippen LogP contribution in [-0.2, 0) is 9.53 Å². The van der Waals surface area contributed by atoms with Crippen LogP contribution in [0.3, 0.4) is 0 Å². The van der Waals surface area contributed by atoms with Gasteiger partial charge in [-0.25, -0.2) is 0 Å². The molecule has 0 bridgehead atoms. The second-order valence-electron chi connectivity index (χ2n) is 5.94. The first-order valence-electron chi connectivity index (χ1n) is 7.99. The lowest BCUT2D eigenvalue weighted by molar-refractivity contribution is -0.150. The van der Waals surface area contributed by atoms with E-state index in [9.17, 15) is 9.59 Å². The quantitative estimate of drug-likeness (QED) is 0.366. The number of ether oxygens (including phenoxy) is 1. The van der Waals surface area contributed by atoms with Gasteiger partial charge in [0.05, 0.1) is 6.61 Å². The minimum absolute atomic E-state index is 0.185. The maximum Gasteiger partial charge on any atom is 0.324 e. The summed E-state index contributed by atoms with van der Waals surface area (Å²) in [4.78, 5) is 26.0. The molecule has 1 fully saturated rings. The lowest BCUT2D eigenvalue weighted by Gasteiger charge is -2.27. The zero-order valence-corrected chi connectivity index (χ0v) is 13.3. The molecule has 0 aliphatic heterocycles. The summed E-state index contributed by atoms with van der Waals surface area (Å²) in [6.45, 7) is 6.03. The number of fused-ring (bicyclic) bond motifs is 1. The summed E-state index contributed by atoms with van der Waals surface area (Å²) in [5.41, 5.74) is 0.0215. The standard InChI is InChI=1S/C20H20O3/c1-3-23-19(22)20(13-7-8-14(20)2)18(21)17-12-6-10-15-9-4-5-11-16(15)17/h4-6,9-12H,2-3,7-8,13H2,1H3. The Morgan fingerprint density at radius 1 is 1.17 bits per heavy atom.